The number of amides is 1. The van der Waals surface area contributed by atoms with Gasteiger partial charge in [-0.05, 0) is 87.4 Å². The Kier molecular flexibility index (Phi) is 7.79. The quantitative estimate of drug-likeness (QED) is 0.343. The number of ether oxygens (including phenoxy) is 3. The maximum Gasteiger partial charge on any atom is 0.226 e. The van der Waals surface area contributed by atoms with Gasteiger partial charge in [-0.1, -0.05) is 12.1 Å². The Morgan fingerprint density at radius 2 is 1.76 bits per heavy atom. The second-order valence-electron chi connectivity index (χ2n) is 13.6. The van der Waals surface area contributed by atoms with Gasteiger partial charge in [0.15, 0.2) is 0 Å². The average Bonchev–Trinajstić information content (AvgIpc) is 3.37. The molecule has 2 atom stereocenters. The van der Waals surface area contributed by atoms with Gasteiger partial charge in [-0.15, -0.1) is 0 Å². The summed E-state index contributed by atoms with van der Waals surface area (Å²) >= 11 is 0. The number of benzene rings is 1. The molecular weight excluding hydrogens is 522 g/mol. The molecule has 8 rings (SSSR count). The normalized spacial score (nSPS) is 39.9. The van der Waals surface area contributed by atoms with E-state index in [-0.39, 0.29) is 23.2 Å². The number of rotatable bonds is 9. The van der Waals surface area contributed by atoms with Gasteiger partial charge < -0.3 is 25.3 Å². The van der Waals surface area contributed by atoms with Crippen LogP contribution in [-0.4, -0.2) is 74.9 Å². The molecule has 4 bridgehead atoms. The van der Waals surface area contributed by atoms with Crippen molar-refractivity contribution in [2.75, 3.05) is 52.5 Å². The first-order valence-electron chi connectivity index (χ1n) is 16.1. The van der Waals surface area contributed by atoms with E-state index in [1.165, 1.54) is 5.56 Å². The van der Waals surface area contributed by atoms with Gasteiger partial charge >= 0.3 is 0 Å². The zero-order valence-corrected chi connectivity index (χ0v) is 24.3. The molecule has 9 nitrogen and oxygen atoms in total. The Balaban J connectivity index is 0.930. The lowest BCUT2D eigenvalue weighted by Crippen LogP contribution is -2.65. The Labute approximate surface area is 243 Å². The predicted molar refractivity (Wildman–Crippen MR) is 152 cm³/mol. The highest BCUT2D eigenvalue weighted by Crippen LogP contribution is 2.67. The second kappa shape index (κ2) is 11.4. The van der Waals surface area contributed by atoms with Gasteiger partial charge in [-0.2, -0.15) is 9.78 Å². The number of nitrogens with two attached hydrogens (primary N) is 1. The van der Waals surface area contributed by atoms with Crippen molar-refractivity contribution in [1.82, 2.24) is 10.2 Å². The van der Waals surface area contributed by atoms with Crippen LogP contribution in [0.15, 0.2) is 24.3 Å². The first kappa shape index (κ1) is 28.0. The summed E-state index contributed by atoms with van der Waals surface area (Å²) in [5.41, 5.74) is 6.72. The molecule has 2 heterocycles. The number of morpholine rings is 1. The number of carbonyl (C=O) groups is 1. The summed E-state index contributed by atoms with van der Waals surface area (Å²) in [6.45, 7) is 6.50. The highest BCUT2D eigenvalue weighted by Gasteiger charge is 2.71. The summed E-state index contributed by atoms with van der Waals surface area (Å²) < 4.78 is 18.4. The van der Waals surface area contributed by atoms with Crippen LogP contribution in [0.4, 0.5) is 0 Å². The third-order valence-corrected chi connectivity index (χ3v) is 11.0. The van der Waals surface area contributed by atoms with Gasteiger partial charge in [0.25, 0.3) is 0 Å². The number of nitrogens with one attached hydrogen (secondary N) is 1. The van der Waals surface area contributed by atoms with E-state index < -0.39 is 11.6 Å². The Morgan fingerprint density at radius 1 is 1.02 bits per heavy atom. The van der Waals surface area contributed by atoms with Crippen LogP contribution in [0.3, 0.4) is 0 Å². The molecule has 2 saturated heterocycles. The third kappa shape index (κ3) is 5.31. The minimum Gasteiger partial charge on any atom is -0.492 e. The molecule has 7 aliphatic rings. The fourth-order valence-electron chi connectivity index (χ4n) is 8.99. The SMILES string of the molecule is NCCCNC(=O)C12CC3CC(C1)C1(OOC4(CCC(c5ccc(OCCN6CCOCC6)cc5)CC4)O1)C(C3)C2. The Hall–Kier alpha value is -1.75. The van der Waals surface area contributed by atoms with E-state index in [9.17, 15) is 4.79 Å². The fraction of sp³-hybridized carbons (Fsp3) is 0.781. The van der Waals surface area contributed by atoms with Crippen molar-refractivity contribution in [3.8, 4) is 5.75 Å². The van der Waals surface area contributed by atoms with Crippen molar-refractivity contribution >= 4 is 5.91 Å². The molecule has 7 fully saturated rings. The summed E-state index contributed by atoms with van der Waals surface area (Å²) in [7, 11) is 0. The van der Waals surface area contributed by atoms with Crippen molar-refractivity contribution in [1.29, 1.82) is 0 Å². The lowest BCUT2D eigenvalue weighted by molar-refractivity contribution is -0.393. The molecule has 0 radical (unpaired) electrons. The topological polar surface area (TPSA) is 105 Å². The first-order valence-corrected chi connectivity index (χ1v) is 16.1. The highest BCUT2D eigenvalue weighted by atomic mass is 17.3. The molecule has 2 aliphatic heterocycles. The van der Waals surface area contributed by atoms with Crippen molar-refractivity contribution < 1.29 is 28.8 Å². The molecule has 1 aromatic rings. The number of nitrogens with zero attached hydrogens (tertiary/aromatic N) is 1. The van der Waals surface area contributed by atoms with E-state index in [0.29, 0.717) is 31.5 Å². The second-order valence-corrected chi connectivity index (χ2v) is 13.6. The van der Waals surface area contributed by atoms with Gasteiger partial charge in [0.2, 0.25) is 17.5 Å². The molecule has 0 aromatic heterocycles. The molecule has 5 aliphatic carbocycles. The lowest BCUT2D eigenvalue weighted by atomic mass is 9.47. The first-order chi connectivity index (χ1) is 20.0. The van der Waals surface area contributed by atoms with Crippen molar-refractivity contribution in [3.63, 3.8) is 0 Å². The van der Waals surface area contributed by atoms with E-state index in [0.717, 1.165) is 103 Å². The van der Waals surface area contributed by atoms with Crippen molar-refractivity contribution in [3.05, 3.63) is 29.8 Å². The van der Waals surface area contributed by atoms with E-state index in [1.54, 1.807) is 0 Å². The summed E-state index contributed by atoms with van der Waals surface area (Å²) in [5, 5.41) is 3.18. The van der Waals surface area contributed by atoms with Gasteiger partial charge in [0.05, 0.1) is 18.6 Å². The molecule has 41 heavy (non-hydrogen) atoms. The maximum atomic E-state index is 13.3. The summed E-state index contributed by atoms with van der Waals surface area (Å²) in [6.07, 6.45) is 9.26. The van der Waals surface area contributed by atoms with Crippen molar-refractivity contribution in [2.24, 2.45) is 28.9 Å². The van der Waals surface area contributed by atoms with Crippen LogP contribution in [0.2, 0.25) is 0 Å². The van der Waals surface area contributed by atoms with Crippen LogP contribution in [0, 0.1) is 23.2 Å². The molecule has 3 N–H and O–H groups in total. The molecule has 5 saturated carbocycles. The number of hydrogen-bond acceptors (Lipinski definition) is 8. The Bertz CT molecular complexity index is 1050. The molecular formula is C32H47N3O6. The molecule has 1 aromatic carbocycles. The van der Waals surface area contributed by atoms with Crippen LogP contribution < -0.4 is 15.8 Å². The summed E-state index contributed by atoms with van der Waals surface area (Å²) in [6, 6.07) is 8.65. The fourth-order valence-corrected chi connectivity index (χ4v) is 8.99. The average molecular weight is 570 g/mol. The maximum absolute atomic E-state index is 13.3. The molecule has 9 heteroatoms. The van der Waals surface area contributed by atoms with Gasteiger partial charge in [-0.3, -0.25) is 9.69 Å². The van der Waals surface area contributed by atoms with Crippen LogP contribution in [0.1, 0.15) is 75.7 Å². The van der Waals surface area contributed by atoms with E-state index in [2.05, 4.69) is 34.5 Å². The van der Waals surface area contributed by atoms with Crippen LogP contribution in [0.25, 0.3) is 0 Å². The van der Waals surface area contributed by atoms with E-state index >= 15 is 0 Å². The minimum absolute atomic E-state index is 0.210. The largest absolute Gasteiger partial charge is 0.492 e. The standard InChI is InChI=1S/C32H47N3O6/c33-10-1-11-34-29(36)30-20-23-18-26(21-30)32(27(19-23)22-30)39-31(40-41-32)8-6-25(7-9-31)24-2-4-28(5-3-24)38-17-14-35-12-15-37-16-13-35/h2-5,23,25-27H,1,6-22,33H2,(H,34,36). The third-order valence-electron chi connectivity index (χ3n) is 11.0. The summed E-state index contributed by atoms with van der Waals surface area (Å²) in [4.78, 5) is 28.1. The molecule has 1 amide bonds. The van der Waals surface area contributed by atoms with Gasteiger partial charge in [0.1, 0.15) is 12.4 Å². The predicted octanol–water partition coefficient (Wildman–Crippen LogP) is 3.72. The smallest absolute Gasteiger partial charge is 0.226 e. The van der Waals surface area contributed by atoms with Crippen LogP contribution in [0.5, 0.6) is 5.75 Å². The minimum atomic E-state index is -0.689. The molecule has 2 unspecified atom stereocenters. The summed E-state index contributed by atoms with van der Waals surface area (Å²) in [5.74, 6) is 1.26. The van der Waals surface area contributed by atoms with Crippen LogP contribution >= 0.6 is 0 Å². The zero-order valence-electron chi connectivity index (χ0n) is 24.3. The van der Waals surface area contributed by atoms with Gasteiger partial charge in [0, 0.05) is 50.9 Å². The van der Waals surface area contributed by atoms with Gasteiger partial charge in [-0.25, -0.2) is 0 Å². The number of carbonyl (C=O) groups excluding carboxylic acids is 1. The Morgan fingerprint density at radius 3 is 2.46 bits per heavy atom. The lowest BCUT2D eigenvalue weighted by Gasteiger charge is -2.61. The van der Waals surface area contributed by atoms with Crippen molar-refractivity contribution in [2.45, 2.75) is 81.7 Å². The highest BCUT2D eigenvalue weighted by molar-refractivity contribution is 5.83. The number of hydrogen-bond donors (Lipinski definition) is 2. The van der Waals surface area contributed by atoms with E-state index in [4.69, 9.17) is 29.7 Å². The molecule has 226 valence electrons. The molecule has 2 spiro atoms. The zero-order chi connectivity index (χ0) is 27.9. The monoisotopic (exact) mass is 569 g/mol. The van der Waals surface area contributed by atoms with E-state index in [1.807, 2.05) is 0 Å². The van der Waals surface area contributed by atoms with Crippen LogP contribution in [-0.2, 0) is 24.0 Å².